The van der Waals surface area contributed by atoms with Crippen LogP contribution in [0, 0.1) is 50.2 Å². The summed E-state index contributed by atoms with van der Waals surface area (Å²) in [7, 11) is 0. The standard InChI is InChI=1S/C45H68N4O10/c1-24-35(57-25(2)50)36(58-26(3)51)37(59-27(4)52)38(56-24)49-23-28(47-48-49)22-46-39(55)45-19-18-40(5,6)20-30(45)29-12-13-32-42(9)16-15-33(53)41(7,8)31(42)14-17-43(32,10)44(29,11)21-34(45)54/h12,23-24,30-38,53-54H,13-22H2,1-11H3,(H,46,55)/t24-,30+,31+,32-,33+,34-,35-,36+,37+,38-,42+,43-,44-,45-/m1/s1. The molecular weight excluding hydrogens is 757 g/mol. The summed E-state index contributed by atoms with van der Waals surface area (Å²) in [5.41, 5.74) is 0.205. The van der Waals surface area contributed by atoms with Crippen LogP contribution in [0.3, 0.4) is 0 Å². The van der Waals surface area contributed by atoms with Crippen molar-refractivity contribution in [1.82, 2.24) is 20.3 Å². The third-order valence-electron chi connectivity index (χ3n) is 17.0. The summed E-state index contributed by atoms with van der Waals surface area (Å²) < 4.78 is 24.2. The van der Waals surface area contributed by atoms with Gasteiger partial charge in [-0.15, -0.1) is 5.10 Å². The molecule has 14 nitrogen and oxygen atoms in total. The van der Waals surface area contributed by atoms with E-state index in [2.05, 4.69) is 70.2 Å². The average molecular weight is 825 g/mol. The lowest BCUT2D eigenvalue weighted by molar-refractivity contribution is -0.261. The van der Waals surface area contributed by atoms with Gasteiger partial charge in [0.15, 0.2) is 24.5 Å². The van der Waals surface area contributed by atoms with Crippen LogP contribution in [-0.2, 0) is 44.7 Å². The highest BCUT2D eigenvalue weighted by Crippen LogP contribution is 2.75. The van der Waals surface area contributed by atoms with Gasteiger partial charge in [-0.05, 0) is 110 Å². The van der Waals surface area contributed by atoms with E-state index in [1.807, 2.05) is 0 Å². The van der Waals surface area contributed by atoms with E-state index in [9.17, 15) is 29.4 Å². The first kappa shape index (κ1) is 43.7. The number of fused-ring (bicyclic) bond motifs is 7. The number of carbonyl (C=O) groups is 4. The van der Waals surface area contributed by atoms with Crippen molar-refractivity contribution >= 4 is 23.8 Å². The van der Waals surface area contributed by atoms with Gasteiger partial charge in [-0.2, -0.15) is 0 Å². The van der Waals surface area contributed by atoms with Crippen LogP contribution in [0.5, 0.6) is 0 Å². The number of esters is 3. The Hall–Kier alpha value is -3.36. The van der Waals surface area contributed by atoms with Crippen molar-refractivity contribution < 1.29 is 48.3 Å². The first-order valence-electron chi connectivity index (χ1n) is 21.8. The molecule has 4 saturated carbocycles. The Bertz CT molecular complexity index is 1880. The molecule has 59 heavy (non-hydrogen) atoms. The largest absolute Gasteiger partial charge is 0.456 e. The summed E-state index contributed by atoms with van der Waals surface area (Å²) in [5, 5.41) is 35.5. The molecule has 1 aromatic heterocycles. The number of hydrogen-bond acceptors (Lipinski definition) is 12. The minimum Gasteiger partial charge on any atom is -0.456 e. The zero-order valence-electron chi connectivity index (χ0n) is 37.0. The third kappa shape index (κ3) is 6.95. The number of rotatable bonds is 7. The first-order chi connectivity index (χ1) is 27.4. The maximum absolute atomic E-state index is 14.9. The van der Waals surface area contributed by atoms with E-state index in [1.165, 1.54) is 31.0 Å². The molecule has 0 spiro atoms. The maximum atomic E-state index is 14.9. The molecule has 14 heteroatoms. The number of carbonyl (C=O) groups excluding carboxylic acids is 4. The molecule has 0 radical (unpaired) electrons. The molecule has 0 bridgehead atoms. The number of nitrogens with zero attached hydrogens (tertiary/aromatic N) is 3. The number of aromatic nitrogens is 3. The van der Waals surface area contributed by atoms with Crippen LogP contribution in [-0.4, -0.2) is 85.6 Å². The van der Waals surface area contributed by atoms with E-state index in [-0.39, 0.29) is 51.5 Å². The monoisotopic (exact) mass is 824 g/mol. The molecule has 6 aliphatic rings. The van der Waals surface area contributed by atoms with Crippen LogP contribution in [0.15, 0.2) is 17.8 Å². The Morgan fingerprint density at radius 2 is 1.47 bits per heavy atom. The SMILES string of the molecule is CC(=O)O[C@@H]1[C@H](OC(C)=O)[C@H](n2cc(CNC(=O)[C@]34CCC(C)(C)C[C@H]3C3=CC[C@@H]5[C@@]6(C)CC[C@H](O)C(C)(C)[C@@H]6CC[C@@]5(C)[C@]3(C)C[C@H]4O)nn2)O[C@H](C)[C@H]1OC(C)=O. The molecule has 14 atom stereocenters. The zero-order chi connectivity index (χ0) is 43.2. The van der Waals surface area contributed by atoms with E-state index in [0.29, 0.717) is 30.4 Å². The Labute approximate surface area is 348 Å². The van der Waals surface area contributed by atoms with Crippen molar-refractivity contribution in [1.29, 1.82) is 0 Å². The quantitative estimate of drug-likeness (QED) is 0.172. The van der Waals surface area contributed by atoms with Crippen LogP contribution in [0.2, 0.25) is 0 Å². The predicted octanol–water partition coefficient (Wildman–Crippen LogP) is 5.74. The van der Waals surface area contributed by atoms with Gasteiger partial charge in [0.25, 0.3) is 0 Å². The van der Waals surface area contributed by atoms with Crippen LogP contribution in [0.4, 0.5) is 0 Å². The fourth-order valence-corrected chi connectivity index (χ4v) is 13.8. The summed E-state index contributed by atoms with van der Waals surface area (Å²) >= 11 is 0. The van der Waals surface area contributed by atoms with Crippen molar-refractivity contribution in [2.45, 2.75) is 183 Å². The lowest BCUT2D eigenvalue weighted by Gasteiger charge is -2.71. The van der Waals surface area contributed by atoms with Gasteiger partial charge in [-0.25, -0.2) is 4.68 Å². The van der Waals surface area contributed by atoms with Gasteiger partial charge in [0, 0.05) is 20.8 Å². The van der Waals surface area contributed by atoms with Gasteiger partial charge in [0.2, 0.25) is 5.91 Å². The molecule has 1 aromatic rings. The van der Waals surface area contributed by atoms with Crippen LogP contribution >= 0.6 is 0 Å². The lowest BCUT2D eigenvalue weighted by atomic mass is 9.33. The fourth-order valence-electron chi connectivity index (χ4n) is 13.8. The number of nitrogens with one attached hydrogen (secondary N) is 1. The van der Waals surface area contributed by atoms with Crippen molar-refractivity contribution in [2.75, 3.05) is 0 Å². The molecular formula is C45H68N4O10. The summed E-state index contributed by atoms with van der Waals surface area (Å²) in [5.74, 6) is -1.50. The minimum atomic E-state index is -1.24. The van der Waals surface area contributed by atoms with Crippen LogP contribution in [0.1, 0.15) is 146 Å². The topological polar surface area (TPSA) is 188 Å². The van der Waals surface area contributed by atoms with E-state index in [0.717, 1.165) is 44.9 Å². The van der Waals surface area contributed by atoms with E-state index in [4.69, 9.17) is 18.9 Å². The highest BCUT2D eigenvalue weighted by Gasteiger charge is 2.71. The van der Waals surface area contributed by atoms with Gasteiger partial charge in [-0.3, -0.25) is 19.2 Å². The second-order valence-corrected chi connectivity index (χ2v) is 21.2. The Balaban J connectivity index is 1.15. The summed E-state index contributed by atoms with van der Waals surface area (Å²) in [6, 6.07) is 0. The molecule has 5 fully saturated rings. The molecule has 0 aromatic carbocycles. The molecule has 3 N–H and O–H groups in total. The molecule has 2 heterocycles. The second kappa shape index (κ2) is 14.9. The van der Waals surface area contributed by atoms with Crippen molar-refractivity contribution in [3.05, 3.63) is 23.5 Å². The third-order valence-corrected chi connectivity index (χ3v) is 17.0. The molecule has 7 rings (SSSR count). The number of amides is 1. The normalized spacial score (nSPS) is 43.3. The van der Waals surface area contributed by atoms with Gasteiger partial charge < -0.3 is 34.5 Å². The minimum absolute atomic E-state index is 0.0187. The number of ether oxygens (including phenoxy) is 4. The van der Waals surface area contributed by atoms with Crippen LogP contribution in [0.25, 0.3) is 0 Å². The van der Waals surface area contributed by atoms with Gasteiger partial charge in [0.1, 0.15) is 5.69 Å². The van der Waals surface area contributed by atoms with Crippen molar-refractivity contribution in [3.63, 3.8) is 0 Å². The number of aliphatic hydroxyl groups excluding tert-OH is 2. The predicted molar refractivity (Wildman–Crippen MR) is 215 cm³/mol. The van der Waals surface area contributed by atoms with Crippen LogP contribution < -0.4 is 5.32 Å². The highest BCUT2D eigenvalue weighted by molar-refractivity contribution is 5.85. The van der Waals surface area contributed by atoms with Crippen molar-refractivity contribution in [3.8, 4) is 0 Å². The molecule has 1 aliphatic heterocycles. The summed E-state index contributed by atoms with van der Waals surface area (Å²) in [6.45, 7) is 21.7. The highest BCUT2D eigenvalue weighted by atomic mass is 16.7. The number of allylic oxidation sites excluding steroid dienone is 2. The molecule has 328 valence electrons. The Morgan fingerprint density at radius 1 is 0.831 bits per heavy atom. The lowest BCUT2D eigenvalue weighted by Crippen LogP contribution is -2.68. The smallest absolute Gasteiger partial charge is 0.303 e. The summed E-state index contributed by atoms with van der Waals surface area (Å²) in [4.78, 5) is 51.3. The van der Waals surface area contributed by atoms with Gasteiger partial charge in [0.05, 0.1) is 36.5 Å². The van der Waals surface area contributed by atoms with Gasteiger partial charge >= 0.3 is 17.9 Å². The molecule has 5 aliphatic carbocycles. The van der Waals surface area contributed by atoms with Gasteiger partial charge in [-0.1, -0.05) is 65.3 Å². The number of aliphatic hydroxyl groups is 2. The average Bonchev–Trinajstić information content (AvgIpc) is 3.60. The van der Waals surface area contributed by atoms with Crippen molar-refractivity contribution in [2.24, 2.45) is 50.2 Å². The second-order valence-electron chi connectivity index (χ2n) is 21.2. The van der Waals surface area contributed by atoms with E-state index < -0.39 is 60.1 Å². The number of hydrogen-bond donors (Lipinski definition) is 3. The maximum Gasteiger partial charge on any atom is 0.303 e. The molecule has 1 saturated heterocycles. The summed E-state index contributed by atoms with van der Waals surface area (Å²) in [6.07, 6.45) is 4.96. The first-order valence-corrected chi connectivity index (χ1v) is 21.8. The molecule has 1 amide bonds. The Kier molecular flexibility index (Phi) is 11.1. The zero-order valence-corrected chi connectivity index (χ0v) is 37.0. The van der Waals surface area contributed by atoms with E-state index >= 15 is 0 Å². The molecule has 0 unspecified atom stereocenters. The fraction of sp³-hybridized carbons (Fsp3) is 0.822. The Morgan fingerprint density at radius 3 is 2.14 bits per heavy atom. The van der Waals surface area contributed by atoms with E-state index in [1.54, 1.807) is 13.1 Å².